The van der Waals surface area contributed by atoms with E-state index in [4.69, 9.17) is 0 Å². The van der Waals surface area contributed by atoms with E-state index in [9.17, 15) is 19.3 Å². The molecule has 0 radical (unpaired) electrons. The van der Waals surface area contributed by atoms with Crippen molar-refractivity contribution in [2.75, 3.05) is 19.6 Å². The van der Waals surface area contributed by atoms with E-state index in [1.807, 2.05) is 44.7 Å². The van der Waals surface area contributed by atoms with Crippen LogP contribution in [0.15, 0.2) is 48.5 Å². The fourth-order valence-corrected chi connectivity index (χ4v) is 4.48. The summed E-state index contributed by atoms with van der Waals surface area (Å²) in [5, 5.41) is 10.9. The van der Waals surface area contributed by atoms with Gasteiger partial charge >= 0.3 is 0 Å². The summed E-state index contributed by atoms with van der Waals surface area (Å²) in [6.07, 6.45) is 0. The lowest BCUT2D eigenvalue weighted by molar-refractivity contribution is -0.384. The quantitative estimate of drug-likeness (QED) is 0.434. The Morgan fingerprint density at radius 3 is 2.25 bits per heavy atom. The van der Waals surface area contributed by atoms with E-state index in [0.717, 1.165) is 24.2 Å². The number of nitrogens with zero attached hydrogens (tertiary/aromatic N) is 3. The zero-order chi connectivity index (χ0) is 23.4. The lowest BCUT2D eigenvalue weighted by Crippen LogP contribution is -2.43. The Hall–Kier alpha value is -2.80. The van der Waals surface area contributed by atoms with Gasteiger partial charge in [0.2, 0.25) is 5.91 Å². The third kappa shape index (κ3) is 5.71. The Balaban J connectivity index is 1.81. The number of carbonyl (C=O) groups is 1. The van der Waals surface area contributed by atoms with E-state index >= 15 is 0 Å². The Labute approximate surface area is 189 Å². The number of hydrogen-bond acceptors (Lipinski definition) is 4. The predicted octanol–water partition coefficient (Wildman–Crippen LogP) is 4.84. The first kappa shape index (κ1) is 23.9. The van der Waals surface area contributed by atoms with E-state index < -0.39 is 4.92 Å². The molecule has 0 unspecified atom stereocenters. The molecule has 0 saturated carbocycles. The van der Waals surface area contributed by atoms with Gasteiger partial charge in [-0.2, -0.15) is 0 Å². The zero-order valence-electron chi connectivity index (χ0n) is 19.2. The normalized spacial score (nSPS) is 19.0. The Morgan fingerprint density at radius 1 is 1.09 bits per heavy atom. The third-order valence-electron chi connectivity index (χ3n) is 6.20. The van der Waals surface area contributed by atoms with E-state index in [1.54, 1.807) is 12.1 Å². The summed E-state index contributed by atoms with van der Waals surface area (Å²) in [7, 11) is 0. The van der Waals surface area contributed by atoms with Crippen LogP contribution in [0.5, 0.6) is 0 Å². The first-order valence-electron chi connectivity index (χ1n) is 11.2. The predicted molar refractivity (Wildman–Crippen MR) is 123 cm³/mol. The Kier molecular flexibility index (Phi) is 7.61. The van der Waals surface area contributed by atoms with Crippen molar-refractivity contribution < 1.29 is 14.1 Å². The highest BCUT2D eigenvalue weighted by Crippen LogP contribution is 2.35. The molecule has 0 spiro atoms. The minimum Gasteiger partial charge on any atom is -0.340 e. The van der Waals surface area contributed by atoms with Gasteiger partial charge < -0.3 is 4.90 Å². The Bertz CT molecular complexity index is 928. The summed E-state index contributed by atoms with van der Waals surface area (Å²) in [6.45, 7) is 10.8. The van der Waals surface area contributed by atoms with Crippen LogP contribution in [0.25, 0.3) is 0 Å². The summed E-state index contributed by atoms with van der Waals surface area (Å²) < 4.78 is 13.5. The topological polar surface area (TPSA) is 66.7 Å². The van der Waals surface area contributed by atoms with E-state index in [-0.39, 0.29) is 41.2 Å². The van der Waals surface area contributed by atoms with Crippen molar-refractivity contribution >= 4 is 11.6 Å². The number of rotatable bonds is 8. The average molecular weight is 442 g/mol. The molecule has 6 nitrogen and oxygen atoms in total. The molecule has 32 heavy (non-hydrogen) atoms. The highest BCUT2D eigenvalue weighted by molar-refractivity contribution is 5.78. The lowest BCUT2D eigenvalue weighted by Gasteiger charge is -2.33. The van der Waals surface area contributed by atoms with Gasteiger partial charge in [0.1, 0.15) is 5.82 Å². The first-order chi connectivity index (χ1) is 15.2. The van der Waals surface area contributed by atoms with Crippen LogP contribution < -0.4 is 0 Å². The maximum Gasteiger partial charge on any atom is 0.269 e. The number of nitro benzene ring substituents is 1. The summed E-state index contributed by atoms with van der Waals surface area (Å²) in [5.41, 5.74) is 2.16. The summed E-state index contributed by atoms with van der Waals surface area (Å²) in [5.74, 6) is 0.203. The standard InChI is InChI=1S/C25H32FN3O3/c1-17(2)25(30)28(18(3)4)15-21-14-27(13-19-5-11-23(12-6-19)29(31)32)16-24(21)20-7-9-22(26)10-8-20/h5-12,17-18,21,24H,13-16H2,1-4H3/t21-,24-/m1/s1. The first-order valence-corrected chi connectivity index (χ1v) is 11.2. The van der Waals surface area contributed by atoms with Gasteiger partial charge in [0.25, 0.3) is 5.69 Å². The van der Waals surface area contributed by atoms with Crippen molar-refractivity contribution in [2.45, 2.75) is 46.2 Å². The number of likely N-dealkylation sites (tertiary alicyclic amines) is 1. The second kappa shape index (κ2) is 10.2. The SMILES string of the molecule is CC(C)C(=O)N(C[C@H]1CN(Cc2ccc([N+](=O)[O-])cc2)C[C@@H]1c1ccc(F)cc1)C(C)C. The second-order valence-electron chi connectivity index (χ2n) is 9.27. The van der Waals surface area contributed by atoms with Crippen LogP contribution in [0.4, 0.5) is 10.1 Å². The van der Waals surface area contributed by atoms with Gasteiger partial charge in [0.05, 0.1) is 4.92 Å². The van der Waals surface area contributed by atoms with E-state index in [0.29, 0.717) is 13.1 Å². The minimum absolute atomic E-state index is 0.0701. The molecule has 2 atom stereocenters. The number of halogens is 1. The number of benzene rings is 2. The van der Waals surface area contributed by atoms with Crippen LogP contribution >= 0.6 is 0 Å². The summed E-state index contributed by atoms with van der Waals surface area (Å²) in [4.78, 5) is 27.6. The van der Waals surface area contributed by atoms with Crippen LogP contribution in [0, 0.1) is 27.8 Å². The van der Waals surface area contributed by atoms with Crippen molar-refractivity contribution in [1.29, 1.82) is 0 Å². The number of amides is 1. The second-order valence-corrected chi connectivity index (χ2v) is 9.27. The van der Waals surface area contributed by atoms with Crippen molar-refractivity contribution in [3.63, 3.8) is 0 Å². The molecule has 1 aliphatic rings. The van der Waals surface area contributed by atoms with Gasteiger partial charge in [-0.25, -0.2) is 4.39 Å². The van der Waals surface area contributed by atoms with Gasteiger partial charge in [-0.3, -0.25) is 19.8 Å². The van der Waals surface area contributed by atoms with Gasteiger partial charge in [0.15, 0.2) is 0 Å². The number of non-ortho nitro benzene ring substituents is 1. The van der Waals surface area contributed by atoms with Gasteiger partial charge in [-0.05, 0) is 43.0 Å². The monoisotopic (exact) mass is 441 g/mol. The molecule has 1 saturated heterocycles. The number of carbonyl (C=O) groups excluding carboxylic acids is 1. The third-order valence-corrected chi connectivity index (χ3v) is 6.20. The van der Waals surface area contributed by atoms with Crippen LogP contribution in [0.2, 0.25) is 0 Å². The van der Waals surface area contributed by atoms with Crippen molar-refractivity contribution in [3.8, 4) is 0 Å². The van der Waals surface area contributed by atoms with Crippen LogP contribution in [-0.4, -0.2) is 46.3 Å². The maximum absolute atomic E-state index is 13.5. The molecular weight excluding hydrogens is 409 g/mol. The lowest BCUT2D eigenvalue weighted by atomic mass is 9.88. The molecule has 0 aliphatic carbocycles. The van der Waals surface area contributed by atoms with Gasteiger partial charge in [0, 0.05) is 56.2 Å². The fraction of sp³-hybridized carbons (Fsp3) is 0.480. The largest absolute Gasteiger partial charge is 0.340 e. The van der Waals surface area contributed by atoms with Gasteiger partial charge in [-0.1, -0.05) is 38.1 Å². The maximum atomic E-state index is 13.5. The highest BCUT2D eigenvalue weighted by Gasteiger charge is 2.36. The molecule has 2 aromatic rings. The molecule has 2 aromatic carbocycles. The molecular formula is C25H32FN3O3. The molecule has 0 N–H and O–H groups in total. The summed E-state index contributed by atoms with van der Waals surface area (Å²) >= 11 is 0. The van der Waals surface area contributed by atoms with Gasteiger partial charge in [-0.15, -0.1) is 0 Å². The average Bonchev–Trinajstić information content (AvgIpc) is 3.14. The molecule has 172 valence electrons. The van der Waals surface area contributed by atoms with Crippen LogP contribution in [0.3, 0.4) is 0 Å². The minimum atomic E-state index is -0.396. The van der Waals surface area contributed by atoms with E-state index in [2.05, 4.69) is 4.90 Å². The number of hydrogen-bond donors (Lipinski definition) is 0. The zero-order valence-corrected chi connectivity index (χ0v) is 19.2. The molecule has 0 bridgehead atoms. The molecule has 7 heteroatoms. The smallest absolute Gasteiger partial charge is 0.269 e. The van der Waals surface area contributed by atoms with Crippen molar-refractivity contribution in [2.24, 2.45) is 11.8 Å². The molecule has 1 amide bonds. The molecule has 0 aromatic heterocycles. The van der Waals surface area contributed by atoms with E-state index in [1.165, 1.54) is 24.3 Å². The fourth-order valence-electron chi connectivity index (χ4n) is 4.48. The summed E-state index contributed by atoms with van der Waals surface area (Å²) in [6, 6.07) is 13.4. The molecule has 1 heterocycles. The van der Waals surface area contributed by atoms with Crippen molar-refractivity contribution in [1.82, 2.24) is 9.80 Å². The van der Waals surface area contributed by atoms with Crippen molar-refractivity contribution in [3.05, 3.63) is 75.6 Å². The van der Waals surface area contributed by atoms with Crippen LogP contribution in [0.1, 0.15) is 44.7 Å². The molecule has 1 fully saturated rings. The molecule has 3 rings (SSSR count). The highest BCUT2D eigenvalue weighted by atomic mass is 19.1. The number of nitro groups is 1. The molecule has 1 aliphatic heterocycles. The van der Waals surface area contributed by atoms with Crippen LogP contribution in [-0.2, 0) is 11.3 Å². The Morgan fingerprint density at radius 2 is 1.72 bits per heavy atom.